The molecule has 0 aliphatic carbocycles. The number of amides is 3. The van der Waals surface area contributed by atoms with Crippen LogP contribution in [0.25, 0.3) is 6.08 Å². The first-order valence-electron chi connectivity index (χ1n) is 9.13. The Morgan fingerprint density at radius 3 is 2.74 bits per heavy atom. The van der Waals surface area contributed by atoms with Crippen molar-refractivity contribution in [3.05, 3.63) is 57.7 Å². The Kier molecular flexibility index (Phi) is 7.19. The summed E-state index contributed by atoms with van der Waals surface area (Å²) in [7, 11) is 1.46. The van der Waals surface area contributed by atoms with Crippen LogP contribution in [0, 0.1) is 5.82 Å². The van der Waals surface area contributed by atoms with Gasteiger partial charge in [0.25, 0.3) is 11.1 Å². The highest BCUT2D eigenvalue weighted by atomic mass is 35.5. The number of ether oxygens (including phenoxy) is 2. The molecule has 1 saturated heterocycles. The number of carbonyl (C=O) groups excluding carboxylic acids is 3. The average molecular weight is 465 g/mol. The first-order chi connectivity index (χ1) is 14.8. The second kappa shape index (κ2) is 9.84. The minimum absolute atomic E-state index is 0.130. The average Bonchev–Trinajstić information content (AvgIpc) is 2.97. The van der Waals surface area contributed by atoms with Crippen molar-refractivity contribution in [2.45, 2.75) is 6.92 Å². The fourth-order valence-corrected chi connectivity index (χ4v) is 3.92. The predicted molar refractivity (Wildman–Crippen MR) is 117 cm³/mol. The molecule has 2 aromatic carbocycles. The maximum Gasteiger partial charge on any atom is 0.294 e. The lowest BCUT2D eigenvalue weighted by Crippen LogP contribution is -2.36. The highest BCUT2D eigenvalue weighted by Gasteiger charge is 2.36. The topological polar surface area (TPSA) is 84.9 Å². The van der Waals surface area contributed by atoms with Gasteiger partial charge in [0.15, 0.2) is 11.5 Å². The van der Waals surface area contributed by atoms with E-state index in [1.165, 1.54) is 31.4 Å². The fraction of sp³-hybridized carbons (Fsp3) is 0.190. The van der Waals surface area contributed by atoms with E-state index in [1.807, 2.05) is 6.92 Å². The second-order valence-corrected chi connectivity index (χ2v) is 7.69. The zero-order chi connectivity index (χ0) is 22.5. The summed E-state index contributed by atoms with van der Waals surface area (Å²) < 4.78 is 24.0. The number of hydrogen-bond donors (Lipinski definition) is 1. The summed E-state index contributed by atoms with van der Waals surface area (Å²) in [6.45, 7) is 1.71. The molecule has 3 amide bonds. The lowest BCUT2D eigenvalue weighted by Gasteiger charge is -2.13. The monoisotopic (exact) mass is 464 g/mol. The van der Waals surface area contributed by atoms with Gasteiger partial charge in [-0.1, -0.05) is 17.7 Å². The summed E-state index contributed by atoms with van der Waals surface area (Å²) >= 11 is 6.95. The molecule has 0 unspecified atom stereocenters. The van der Waals surface area contributed by atoms with E-state index >= 15 is 0 Å². The first kappa shape index (κ1) is 22.6. The van der Waals surface area contributed by atoms with Gasteiger partial charge >= 0.3 is 0 Å². The third kappa shape index (κ3) is 5.36. The van der Waals surface area contributed by atoms with Crippen molar-refractivity contribution in [2.75, 3.05) is 25.6 Å². The van der Waals surface area contributed by atoms with Crippen molar-refractivity contribution >= 4 is 52.2 Å². The van der Waals surface area contributed by atoms with Gasteiger partial charge in [-0.3, -0.25) is 19.3 Å². The smallest absolute Gasteiger partial charge is 0.294 e. The molecule has 3 rings (SSSR count). The Hall–Kier alpha value is -3.04. The number of halogens is 2. The Labute approximate surface area is 187 Å². The summed E-state index contributed by atoms with van der Waals surface area (Å²) in [6, 6.07) is 8.51. The van der Waals surface area contributed by atoms with Crippen molar-refractivity contribution in [1.82, 2.24) is 4.90 Å². The minimum atomic E-state index is -0.625. The maximum absolute atomic E-state index is 13.2. The van der Waals surface area contributed by atoms with Gasteiger partial charge < -0.3 is 14.8 Å². The summed E-state index contributed by atoms with van der Waals surface area (Å²) in [6.07, 6.45) is 1.49. The van der Waals surface area contributed by atoms with Crippen molar-refractivity contribution in [3.63, 3.8) is 0 Å². The van der Waals surface area contributed by atoms with Crippen molar-refractivity contribution in [2.24, 2.45) is 0 Å². The molecule has 0 saturated carbocycles. The van der Waals surface area contributed by atoms with Gasteiger partial charge in [-0.15, -0.1) is 0 Å². The zero-order valence-electron chi connectivity index (χ0n) is 16.6. The number of rotatable bonds is 7. The summed E-state index contributed by atoms with van der Waals surface area (Å²) in [5.74, 6) is -0.995. The lowest BCUT2D eigenvalue weighted by molar-refractivity contribution is -0.127. The third-order valence-electron chi connectivity index (χ3n) is 4.12. The minimum Gasteiger partial charge on any atom is -0.493 e. The van der Waals surface area contributed by atoms with E-state index in [0.717, 1.165) is 11.0 Å². The van der Waals surface area contributed by atoms with Gasteiger partial charge in [0.2, 0.25) is 5.91 Å². The lowest BCUT2D eigenvalue weighted by atomic mass is 10.1. The number of nitrogens with zero attached hydrogens (tertiary/aromatic N) is 1. The number of nitrogens with one attached hydrogen (secondary N) is 1. The van der Waals surface area contributed by atoms with E-state index in [9.17, 15) is 18.8 Å². The molecule has 0 spiro atoms. The number of benzene rings is 2. The fourth-order valence-electron chi connectivity index (χ4n) is 2.81. The van der Waals surface area contributed by atoms with Crippen LogP contribution in [0.15, 0.2) is 41.3 Å². The van der Waals surface area contributed by atoms with Crippen molar-refractivity contribution < 1.29 is 28.2 Å². The molecular weight excluding hydrogens is 447 g/mol. The van der Waals surface area contributed by atoms with Crippen LogP contribution in [0.1, 0.15) is 12.5 Å². The number of thioether (sulfide) groups is 1. The molecule has 0 aromatic heterocycles. The molecule has 2 aromatic rings. The summed E-state index contributed by atoms with van der Waals surface area (Å²) in [5, 5.41) is 2.16. The Morgan fingerprint density at radius 1 is 1.29 bits per heavy atom. The molecule has 10 heteroatoms. The van der Waals surface area contributed by atoms with Crippen LogP contribution < -0.4 is 14.8 Å². The van der Waals surface area contributed by atoms with E-state index in [4.69, 9.17) is 21.1 Å². The molecule has 1 N–H and O–H groups in total. The van der Waals surface area contributed by atoms with Crippen molar-refractivity contribution in [3.8, 4) is 11.5 Å². The highest BCUT2D eigenvalue weighted by molar-refractivity contribution is 8.18. The van der Waals surface area contributed by atoms with Crippen molar-refractivity contribution in [1.29, 1.82) is 0 Å². The van der Waals surface area contributed by atoms with Gasteiger partial charge in [-0.25, -0.2) is 4.39 Å². The van der Waals surface area contributed by atoms with Crippen LogP contribution in [-0.4, -0.2) is 42.2 Å². The third-order valence-corrected chi connectivity index (χ3v) is 5.31. The van der Waals surface area contributed by atoms with Gasteiger partial charge in [-0.05, 0) is 60.7 Å². The number of hydrogen-bond acceptors (Lipinski definition) is 6. The van der Waals surface area contributed by atoms with Crippen LogP contribution in [0.2, 0.25) is 5.02 Å². The van der Waals surface area contributed by atoms with Crippen LogP contribution in [0.3, 0.4) is 0 Å². The largest absolute Gasteiger partial charge is 0.493 e. The Balaban J connectivity index is 1.76. The molecular formula is C21H18ClFN2O5S. The molecule has 1 aliphatic heterocycles. The quantitative estimate of drug-likeness (QED) is 0.604. The van der Waals surface area contributed by atoms with Crippen LogP contribution >= 0.6 is 23.4 Å². The molecule has 31 heavy (non-hydrogen) atoms. The molecule has 0 radical (unpaired) electrons. The van der Waals surface area contributed by atoms with E-state index < -0.39 is 29.4 Å². The molecule has 1 aliphatic rings. The van der Waals surface area contributed by atoms with E-state index in [1.54, 1.807) is 12.1 Å². The van der Waals surface area contributed by atoms with Crippen LogP contribution in [0.4, 0.5) is 14.9 Å². The second-order valence-electron chi connectivity index (χ2n) is 6.29. The van der Waals surface area contributed by atoms with Gasteiger partial charge in [0.05, 0.1) is 23.6 Å². The predicted octanol–water partition coefficient (Wildman–Crippen LogP) is 4.56. The molecule has 7 nitrogen and oxygen atoms in total. The molecule has 1 fully saturated rings. The van der Waals surface area contributed by atoms with Gasteiger partial charge in [-0.2, -0.15) is 0 Å². The van der Waals surface area contributed by atoms with E-state index in [2.05, 4.69) is 5.32 Å². The molecule has 1 heterocycles. The number of methoxy groups -OCH3 is 1. The number of imide groups is 1. The van der Waals surface area contributed by atoms with Crippen LogP contribution in [0.5, 0.6) is 11.5 Å². The molecule has 162 valence electrons. The normalized spacial score (nSPS) is 14.8. The first-order valence-corrected chi connectivity index (χ1v) is 10.3. The SMILES string of the molecule is CCOc1c(Cl)cc(/C=C2/SC(=O)N(CC(=O)Nc3cccc(F)c3)C2=O)cc1OC. The Bertz CT molecular complexity index is 1080. The van der Waals surface area contributed by atoms with Crippen LogP contribution in [-0.2, 0) is 9.59 Å². The number of carbonyl (C=O) groups is 3. The maximum atomic E-state index is 13.2. The zero-order valence-corrected chi connectivity index (χ0v) is 18.2. The summed E-state index contributed by atoms with van der Waals surface area (Å²) in [4.78, 5) is 38.1. The van der Waals surface area contributed by atoms with E-state index in [-0.39, 0.29) is 10.6 Å². The van der Waals surface area contributed by atoms with E-state index in [0.29, 0.717) is 40.5 Å². The Morgan fingerprint density at radius 2 is 2.06 bits per heavy atom. The molecule has 0 atom stereocenters. The molecule has 0 bridgehead atoms. The summed E-state index contributed by atoms with van der Waals surface area (Å²) in [5.41, 5.74) is 0.753. The number of anilines is 1. The van der Waals surface area contributed by atoms with Gasteiger partial charge in [0.1, 0.15) is 12.4 Å². The standard InChI is InChI=1S/C21H18ClFN2O5S/c1-3-30-19-15(22)7-12(8-16(19)29-2)9-17-20(27)25(21(28)31-17)11-18(26)24-14-6-4-5-13(23)10-14/h4-10H,3,11H2,1-2H3,(H,24,26)/b17-9+. The van der Waals surface area contributed by atoms with Gasteiger partial charge in [0, 0.05) is 5.69 Å². The highest BCUT2D eigenvalue weighted by Crippen LogP contribution is 2.38.